The molecule has 2 amide bonds. The van der Waals surface area contributed by atoms with Crippen LogP contribution >= 0.6 is 0 Å². The minimum Gasteiger partial charge on any atom is -0.469 e. The van der Waals surface area contributed by atoms with Gasteiger partial charge in [0, 0.05) is 29.5 Å². The van der Waals surface area contributed by atoms with Crippen molar-refractivity contribution in [2.24, 2.45) is 0 Å². The van der Waals surface area contributed by atoms with Gasteiger partial charge in [-0.1, -0.05) is 18.2 Å². The Morgan fingerprint density at radius 1 is 1.21 bits per heavy atom. The summed E-state index contributed by atoms with van der Waals surface area (Å²) in [5.74, 6) is -1.03. The number of carbonyl (C=O) groups is 3. The highest BCUT2D eigenvalue weighted by molar-refractivity contribution is 6.07. The quantitative estimate of drug-likeness (QED) is 0.640. The maximum atomic E-state index is 12.6. The number of para-hydroxylation sites is 1. The van der Waals surface area contributed by atoms with Crippen LogP contribution in [0.15, 0.2) is 46.9 Å². The van der Waals surface area contributed by atoms with Crippen LogP contribution in [-0.2, 0) is 19.1 Å². The van der Waals surface area contributed by atoms with E-state index < -0.39 is 12.0 Å². The van der Waals surface area contributed by atoms with Crippen molar-refractivity contribution in [2.75, 3.05) is 32.1 Å². The van der Waals surface area contributed by atoms with Crippen LogP contribution in [0.3, 0.4) is 0 Å². The van der Waals surface area contributed by atoms with Gasteiger partial charge in [0.15, 0.2) is 0 Å². The van der Waals surface area contributed by atoms with Gasteiger partial charge in [0.05, 0.1) is 20.1 Å². The largest absolute Gasteiger partial charge is 0.469 e. The molecule has 2 heterocycles. The van der Waals surface area contributed by atoms with E-state index in [1.54, 1.807) is 11.0 Å². The number of ether oxygens (including phenoxy) is 1. The van der Waals surface area contributed by atoms with Crippen LogP contribution in [0.5, 0.6) is 0 Å². The fourth-order valence-corrected chi connectivity index (χ4v) is 3.60. The summed E-state index contributed by atoms with van der Waals surface area (Å²) in [6.07, 6.45) is -0.0947. The number of furan rings is 1. The summed E-state index contributed by atoms with van der Waals surface area (Å²) in [5.41, 5.74) is 2.17. The van der Waals surface area contributed by atoms with Crippen molar-refractivity contribution < 1.29 is 23.5 Å². The number of benzene rings is 2. The number of esters is 1. The third-order valence-corrected chi connectivity index (χ3v) is 5.04. The number of nitrogens with zero attached hydrogens (tertiary/aromatic N) is 1. The molecule has 1 aliphatic rings. The van der Waals surface area contributed by atoms with Crippen molar-refractivity contribution in [3.63, 3.8) is 0 Å². The third kappa shape index (κ3) is 3.93. The number of amides is 2. The number of fused-ring (bicyclic) bond motifs is 3. The lowest BCUT2D eigenvalue weighted by Gasteiger charge is -2.33. The van der Waals surface area contributed by atoms with Gasteiger partial charge in [0.2, 0.25) is 11.8 Å². The second-order valence-electron chi connectivity index (χ2n) is 6.91. The van der Waals surface area contributed by atoms with Crippen molar-refractivity contribution in [1.29, 1.82) is 0 Å². The zero-order chi connectivity index (χ0) is 20.4. The number of rotatable bonds is 5. The van der Waals surface area contributed by atoms with Gasteiger partial charge in [-0.2, -0.15) is 0 Å². The average Bonchev–Trinajstić information content (AvgIpc) is 3.08. The highest BCUT2D eigenvalue weighted by Gasteiger charge is 2.33. The van der Waals surface area contributed by atoms with E-state index >= 15 is 0 Å². The van der Waals surface area contributed by atoms with E-state index in [-0.39, 0.29) is 24.8 Å². The average molecular weight is 395 g/mol. The zero-order valence-corrected chi connectivity index (χ0v) is 15.9. The molecule has 4 rings (SSSR count). The molecule has 0 unspecified atom stereocenters. The van der Waals surface area contributed by atoms with Crippen LogP contribution in [0, 0.1) is 0 Å². The Balaban J connectivity index is 1.49. The lowest BCUT2D eigenvalue weighted by molar-refractivity contribution is -0.146. The maximum absolute atomic E-state index is 12.6. The Bertz CT molecular complexity index is 1090. The first-order valence-electron chi connectivity index (χ1n) is 9.35. The van der Waals surface area contributed by atoms with Crippen molar-refractivity contribution in [3.8, 4) is 0 Å². The number of hydrogen-bond acceptors (Lipinski definition) is 6. The van der Waals surface area contributed by atoms with Crippen LogP contribution < -0.4 is 10.6 Å². The van der Waals surface area contributed by atoms with Gasteiger partial charge in [-0.15, -0.1) is 0 Å². The van der Waals surface area contributed by atoms with Gasteiger partial charge < -0.3 is 19.8 Å². The summed E-state index contributed by atoms with van der Waals surface area (Å²) in [7, 11) is 1.27. The molecule has 0 radical (unpaired) electrons. The SMILES string of the molecule is COC(=O)C[C@@H]1C(=O)NCCN1CC(=O)Nc1ccc2oc3ccccc3c2c1. The molecule has 0 spiro atoms. The van der Waals surface area contributed by atoms with E-state index in [4.69, 9.17) is 4.42 Å². The van der Waals surface area contributed by atoms with Gasteiger partial charge in [-0.3, -0.25) is 19.3 Å². The summed E-state index contributed by atoms with van der Waals surface area (Å²) in [5, 5.41) is 7.48. The van der Waals surface area contributed by atoms with E-state index in [1.165, 1.54) is 7.11 Å². The standard InChI is InChI=1S/C21H21N3O5/c1-28-20(26)11-16-21(27)22-8-9-24(16)12-19(25)23-13-6-7-18-15(10-13)14-4-2-3-5-17(14)29-18/h2-7,10,16H,8-9,11-12H2,1H3,(H,22,27)(H,23,25)/t16-/m1/s1. The lowest BCUT2D eigenvalue weighted by Crippen LogP contribution is -2.57. The fourth-order valence-electron chi connectivity index (χ4n) is 3.60. The number of methoxy groups -OCH3 is 1. The van der Waals surface area contributed by atoms with Crippen molar-refractivity contribution >= 4 is 45.4 Å². The van der Waals surface area contributed by atoms with Crippen LogP contribution in [-0.4, -0.2) is 55.5 Å². The molecule has 1 saturated heterocycles. The maximum Gasteiger partial charge on any atom is 0.307 e. The number of hydrogen-bond donors (Lipinski definition) is 2. The van der Waals surface area contributed by atoms with E-state index in [9.17, 15) is 14.4 Å². The van der Waals surface area contributed by atoms with E-state index in [2.05, 4.69) is 15.4 Å². The molecule has 1 atom stereocenters. The summed E-state index contributed by atoms with van der Waals surface area (Å²) in [4.78, 5) is 38.0. The molecule has 29 heavy (non-hydrogen) atoms. The number of piperazine rings is 1. The molecule has 3 aromatic rings. The van der Waals surface area contributed by atoms with Gasteiger partial charge in [0.25, 0.3) is 0 Å². The predicted octanol–water partition coefficient (Wildman–Crippen LogP) is 1.89. The van der Waals surface area contributed by atoms with Crippen LogP contribution in [0.2, 0.25) is 0 Å². The van der Waals surface area contributed by atoms with E-state index in [0.29, 0.717) is 18.8 Å². The minimum atomic E-state index is -0.720. The Kier molecular flexibility index (Phi) is 5.18. The normalized spacial score (nSPS) is 17.3. The highest BCUT2D eigenvalue weighted by atomic mass is 16.5. The Morgan fingerprint density at radius 3 is 2.83 bits per heavy atom. The fraction of sp³-hybridized carbons (Fsp3) is 0.286. The molecule has 150 valence electrons. The van der Waals surface area contributed by atoms with Crippen molar-refractivity contribution in [3.05, 3.63) is 42.5 Å². The molecule has 1 fully saturated rings. The number of anilines is 1. The van der Waals surface area contributed by atoms with E-state index in [0.717, 1.165) is 21.9 Å². The zero-order valence-electron chi connectivity index (χ0n) is 15.9. The highest BCUT2D eigenvalue weighted by Crippen LogP contribution is 2.30. The lowest BCUT2D eigenvalue weighted by atomic mass is 10.1. The monoisotopic (exact) mass is 395 g/mol. The molecule has 8 nitrogen and oxygen atoms in total. The summed E-state index contributed by atoms with van der Waals surface area (Å²) >= 11 is 0. The second kappa shape index (κ2) is 7.92. The molecule has 0 aliphatic carbocycles. The molecular weight excluding hydrogens is 374 g/mol. The van der Waals surface area contributed by atoms with Crippen LogP contribution in [0.4, 0.5) is 5.69 Å². The summed E-state index contributed by atoms with van der Waals surface area (Å²) < 4.78 is 10.5. The van der Waals surface area contributed by atoms with Gasteiger partial charge >= 0.3 is 5.97 Å². The van der Waals surface area contributed by atoms with Crippen LogP contribution in [0.1, 0.15) is 6.42 Å². The Morgan fingerprint density at radius 2 is 2.00 bits per heavy atom. The first-order chi connectivity index (χ1) is 14.0. The van der Waals surface area contributed by atoms with Crippen molar-refractivity contribution in [2.45, 2.75) is 12.5 Å². The smallest absolute Gasteiger partial charge is 0.307 e. The molecule has 1 aromatic heterocycles. The topological polar surface area (TPSA) is 101 Å². The molecular formula is C21H21N3O5. The first-order valence-corrected chi connectivity index (χ1v) is 9.35. The van der Waals surface area contributed by atoms with Gasteiger partial charge in [-0.25, -0.2) is 0 Å². The number of nitrogens with one attached hydrogen (secondary N) is 2. The molecule has 0 saturated carbocycles. The molecule has 0 bridgehead atoms. The number of carbonyl (C=O) groups excluding carboxylic acids is 3. The van der Waals surface area contributed by atoms with E-state index in [1.807, 2.05) is 36.4 Å². The first kappa shape index (κ1) is 18.9. The predicted molar refractivity (Wildman–Crippen MR) is 107 cm³/mol. The summed E-state index contributed by atoms with van der Waals surface area (Å²) in [6.45, 7) is 0.905. The molecule has 1 aliphatic heterocycles. The summed E-state index contributed by atoms with van der Waals surface area (Å²) in [6, 6.07) is 12.5. The van der Waals surface area contributed by atoms with Gasteiger partial charge in [0.1, 0.15) is 17.2 Å². The molecule has 8 heteroatoms. The Labute approximate surface area is 166 Å². The second-order valence-corrected chi connectivity index (χ2v) is 6.91. The molecule has 2 N–H and O–H groups in total. The Hall–Kier alpha value is -3.39. The van der Waals surface area contributed by atoms with Crippen molar-refractivity contribution in [1.82, 2.24) is 10.2 Å². The minimum absolute atomic E-state index is 0.000741. The van der Waals surface area contributed by atoms with Gasteiger partial charge in [-0.05, 0) is 24.3 Å². The van der Waals surface area contributed by atoms with Crippen LogP contribution in [0.25, 0.3) is 21.9 Å². The molecule has 2 aromatic carbocycles. The third-order valence-electron chi connectivity index (χ3n) is 5.04.